The predicted molar refractivity (Wildman–Crippen MR) is 88.1 cm³/mol. The van der Waals surface area contributed by atoms with Crippen molar-refractivity contribution in [3.63, 3.8) is 0 Å². The van der Waals surface area contributed by atoms with E-state index in [2.05, 4.69) is 26.6 Å². The number of carbonyl (C=O) groups is 2. The first-order valence-corrected chi connectivity index (χ1v) is 7.99. The average Bonchev–Trinajstić information content (AvgIpc) is 2.46. The number of anilines is 1. The zero-order valence-electron chi connectivity index (χ0n) is 12.8. The molecule has 0 fully saturated rings. The van der Waals surface area contributed by atoms with Gasteiger partial charge in [0.05, 0.1) is 12.2 Å². The fraction of sp³-hybridized carbons (Fsp3) is 0.467. The van der Waals surface area contributed by atoms with E-state index in [4.69, 9.17) is 0 Å². The summed E-state index contributed by atoms with van der Waals surface area (Å²) in [6.07, 6.45) is 0.197. The van der Waals surface area contributed by atoms with Gasteiger partial charge in [0.1, 0.15) is 5.82 Å². The Hall–Kier alpha value is -1.47. The van der Waals surface area contributed by atoms with Gasteiger partial charge in [0, 0.05) is 24.0 Å². The molecule has 1 rings (SSSR count). The first kappa shape index (κ1) is 18.6. The maximum Gasteiger partial charge on any atom is 0.234 e. The fourth-order valence-electron chi connectivity index (χ4n) is 1.87. The maximum absolute atomic E-state index is 13.6. The van der Waals surface area contributed by atoms with Gasteiger partial charge in [-0.15, -0.1) is 0 Å². The fourth-order valence-corrected chi connectivity index (χ4v) is 2.20. The third-order valence-corrected chi connectivity index (χ3v) is 3.54. The highest BCUT2D eigenvalue weighted by molar-refractivity contribution is 9.10. The Bertz CT molecular complexity index is 526. The Morgan fingerprint density at radius 2 is 2.00 bits per heavy atom. The van der Waals surface area contributed by atoms with Crippen molar-refractivity contribution in [3.05, 3.63) is 28.5 Å². The highest BCUT2D eigenvalue weighted by Crippen LogP contribution is 2.19. The van der Waals surface area contributed by atoms with Gasteiger partial charge in [0.25, 0.3) is 0 Å². The molecule has 0 unspecified atom stereocenters. The van der Waals surface area contributed by atoms with E-state index >= 15 is 0 Å². The molecule has 2 N–H and O–H groups in total. The summed E-state index contributed by atoms with van der Waals surface area (Å²) in [5.74, 6) is -0.836. The molecule has 0 aliphatic heterocycles. The van der Waals surface area contributed by atoms with Crippen LogP contribution in [0.2, 0.25) is 0 Å². The van der Waals surface area contributed by atoms with Crippen LogP contribution in [0, 0.1) is 5.82 Å². The standard InChI is InChI=1S/C15H21BrFN3O2/c1-3-18-15(22)10-20(4-2)8-7-14(21)19-13-6-5-11(16)9-12(13)17/h5-6,9H,3-4,7-8,10H2,1-2H3,(H,18,22)(H,19,21). The van der Waals surface area contributed by atoms with Gasteiger partial charge in [0.15, 0.2) is 0 Å². The molecule has 0 heterocycles. The van der Waals surface area contributed by atoms with Crippen molar-refractivity contribution < 1.29 is 14.0 Å². The van der Waals surface area contributed by atoms with E-state index in [0.29, 0.717) is 24.1 Å². The Balaban J connectivity index is 2.45. The summed E-state index contributed by atoms with van der Waals surface area (Å²) in [5.41, 5.74) is 0.153. The van der Waals surface area contributed by atoms with Gasteiger partial charge in [-0.2, -0.15) is 0 Å². The van der Waals surface area contributed by atoms with E-state index in [1.807, 2.05) is 18.7 Å². The van der Waals surface area contributed by atoms with E-state index in [1.54, 1.807) is 6.07 Å². The number of amides is 2. The quantitative estimate of drug-likeness (QED) is 0.735. The highest BCUT2D eigenvalue weighted by Gasteiger charge is 2.12. The van der Waals surface area contributed by atoms with Gasteiger partial charge < -0.3 is 10.6 Å². The molecule has 2 amide bonds. The van der Waals surface area contributed by atoms with Crippen molar-refractivity contribution >= 4 is 33.4 Å². The van der Waals surface area contributed by atoms with Gasteiger partial charge >= 0.3 is 0 Å². The molecule has 5 nitrogen and oxygen atoms in total. The van der Waals surface area contributed by atoms with Gasteiger partial charge in [-0.3, -0.25) is 14.5 Å². The van der Waals surface area contributed by atoms with E-state index < -0.39 is 5.82 Å². The van der Waals surface area contributed by atoms with Crippen LogP contribution in [0.1, 0.15) is 20.3 Å². The van der Waals surface area contributed by atoms with E-state index in [0.717, 1.165) is 0 Å². The lowest BCUT2D eigenvalue weighted by Gasteiger charge is -2.19. The maximum atomic E-state index is 13.6. The normalized spacial score (nSPS) is 10.6. The summed E-state index contributed by atoms with van der Waals surface area (Å²) in [5, 5.41) is 5.25. The van der Waals surface area contributed by atoms with Crippen LogP contribution in [-0.4, -0.2) is 42.9 Å². The molecule has 1 aromatic rings. The molecule has 7 heteroatoms. The molecule has 0 aromatic heterocycles. The molecule has 0 bridgehead atoms. The largest absolute Gasteiger partial charge is 0.355 e. The van der Waals surface area contributed by atoms with Crippen LogP contribution in [-0.2, 0) is 9.59 Å². The van der Waals surface area contributed by atoms with Crippen LogP contribution in [0.25, 0.3) is 0 Å². The molecule has 0 aliphatic rings. The molecule has 22 heavy (non-hydrogen) atoms. The second-order valence-corrected chi connectivity index (χ2v) is 5.66. The molecule has 0 saturated carbocycles. The third-order valence-electron chi connectivity index (χ3n) is 3.05. The number of halogens is 2. The highest BCUT2D eigenvalue weighted by atomic mass is 79.9. The minimum Gasteiger partial charge on any atom is -0.355 e. The van der Waals surface area contributed by atoms with E-state index in [1.165, 1.54) is 12.1 Å². The number of nitrogens with zero attached hydrogens (tertiary/aromatic N) is 1. The Kier molecular flexibility index (Phi) is 8.05. The second kappa shape index (κ2) is 9.53. The van der Waals surface area contributed by atoms with Crippen molar-refractivity contribution in [1.82, 2.24) is 10.2 Å². The summed E-state index contributed by atoms with van der Waals surface area (Å²) in [6, 6.07) is 4.46. The van der Waals surface area contributed by atoms with Gasteiger partial charge in [0.2, 0.25) is 11.8 Å². The number of benzene rings is 1. The monoisotopic (exact) mass is 373 g/mol. The summed E-state index contributed by atoms with van der Waals surface area (Å²) in [6.45, 7) is 5.72. The molecule has 0 spiro atoms. The first-order valence-electron chi connectivity index (χ1n) is 7.20. The van der Waals surface area contributed by atoms with Gasteiger partial charge in [-0.25, -0.2) is 4.39 Å². The molecule has 0 radical (unpaired) electrons. The summed E-state index contributed by atoms with van der Waals surface area (Å²) < 4.78 is 14.2. The Morgan fingerprint density at radius 3 is 2.59 bits per heavy atom. The van der Waals surface area contributed by atoms with E-state index in [-0.39, 0.29) is 30.5 Å². The molecule has 0 aliphatic carbocycles. The van der Waals surface area contributed by atoms with Crippen LogP contribution in [0.3, 0.4) is 0 Å². The van der Waals surface area contributed by atoms with Gasteiger partial charge in [-0.1, -0.05) is 22.9 Å². The number of rotatable bonds is 8. The molecule has 1 aromatic carbocycles. The Morgan fingerprint density at radius 1 is 1.27 bits per heavy atom. The number of likely N-dealkylation sites (N-methyl/N-ethyl adjacent to an activating group) is 2. The topological polar surface area (TPSA) is 61.4 Å². The van der Waals surface area contributed by atoms with Crippen molar-refractivity contribution in [2.45, 2.75) is 20.3 Å². The zero-order valence-corrected chi connectivity index (χ0v) is 14.4. The summed E-state index contributed by atoms with van der Waals surface area (Å²) >= 11 is 3.16. The predicted octanol–water partition coefficient (Wildman–Crippen LogP) is 2.37. The van der Waals surface area contributed by atoms with Crippen molar-refractivity contribution in [2.75, 3.05) is 31.5 Å². The average molecular weight is 374 g/mol. The lowest BCUT2D eigenvalue weighted by molar-refractivity contribution is -0.123. The number of hydrogen-bond acceptors (Lipinski definition) is 3. The van der Waals surface area contributed by atoms with Gasteiger partial charge in [-0.05, 0) is 31.7 Å². The van der Waals surface area contributed by atoms with Crippen molar-refractivity contribution in [2.24, 2.45) is 0 Å². The SMILES string of the molecule is CCNC(=O)CN(CC)CCC(=O)Nc1ccc(Br)cc1F. The molecule has 0 atom stereocenters. The van der Waals surface area contributed by atoms with E-state index in [9.17, 15) is 14.0 Å². The number of nitrogens with one attached hydrogen (secondary N) is 2. The van der Waals surface area contributed by atoms with Crippen LogP contribution >= 0.6 is 15.9 Å². The van der Waals surface area contributed by atoms with Crippen LogP contribution in [0.4, 0.5) is 10.1 Å². The first-order chi connectivity index (χ1) is 10.5. The van der Waals surface area contributed by atoms with Crippen molar-refractivity contribution in [1.29, 1.82) is 0 Å². The lowest BCUT2D eigenvalue weighted by Crippen LogP contribution is -2.38. The van der Waals surface area contributed by atoms with Crippen LogP contribution in [0.5, 0.6) is 0 Å². The minimum atomic E-state index is -0.489. The number of carbonyl (C=O) groups excluding carboxylic acids is 2. The summed E-state index contributed by atoms with van der Waals surface area (Å²) in [4.78, 5) is 25.2. The minimum absolute atomic E-state index is 0.0660. The number of hydrogen-bond donors (Lipinski definition) is 2. The second-order valence-electron chi connectivity index (χ2n) is 4.74. The third kappa shape index (κ3) is 6.53. The molecular formula is C15H21BrFN3O2. The van der Waals surface area contributed by atoms with Crippen LogP contribution in [0.15, 0.2) is 22.7 Å². The molecule has 0 saturated heterocycles. The van der Waals surface area contributed by atoms with Crippen LogP contribution < -0.4 is 10.6 Å². The molecular weight excluding hydrogens is 353 g/mol. The molecule has 122 valence electrons. The Labute approximate surface area is 138 Å². The lowest BCUT2D eigenvalue weighted by atomic mass is 10.3. The smallest absolute Gasteiger partial charge is 0.234 e. The zero-order chi connectivity index (χ0) is 16.5. The van der Waals surface area contributed by atoms with Crippen molar-refractivity contribution in [3.8, 4) is 0 Å². The summed E-state index contributed by atoms with van der Waals surface area (Å²) in [7, 11) is 0.